The number of aliphatic carboxylic acids is 1. The van der Waals surface area contributed by atoms with Crippen LogP contribution >= 0.6 is 22.9 Å². The van der Waals surface area contributed by atoms with Crippen LogP contribution in [0.3, 0.4) is 0 Å². The molecule has 1 aliphatic carbocycles. The van der Waals surface area contributed by atoms with Crippen LogP contribution in [0.2, 0.25) is 4.34 Å². The van der Waals surface area contributed by atoms with Gasteiger partial charge >= 0.3 is 12.1 Å². The van der Waals surface area contributed by atoms with Gasteiger partial charge in [0.05, 0.1) is 12.1 Å². The highest BCUT2D eigenvalue weighted by atomic mass is 35.5. The van der Waals surface area contributed by atoms with Crippen molar-refractivity contribution >= 4 is 46.6 Å². The minimum Gasteiger partial charge on any atom is -0.481 e. The number of thiophene rings is 1. The van der Waals surface area contributed by atoms with Crippen molar-refractivity contribution in [3.63, 3.8) is 0 Å². The second kappa shape index (κ2) is 9.42. The van der Waals surface area contributed by atoms with E-state index in [1.165, 1.54) is 11.3 Å². The molecule has 3 aromatic rings. The number of alkyl carbamates (subject to hydrolysis) is 1. The monoisotopic (exact) mass is 470 g/mol. The van der Waals surface area contributed by atoms with E-state index in [0.717, 1.165) is 22.3 Å². The number of carboxylic acid groups (broad SMARTS) is 1. The Kier molecular flexibility index (Phi) is 6.43. The van der Waals surface area contributed by atoms with Gasteiger partial charge in [-0.05, 0) is 33.7 Å². The van der Waals surface area contributed by atoms with E-state index in [2.05, 4.69) is 10.6 Å². The summed E-state index contributed by atoms with van der Waals surface area (Å²) in [4.78, 5) is 36.2. The van der Waals surface area contributed by atoms with Crippen LogP contribution in [0.4, 0.5) is 10.5 Å². The summed E-state index contributed by atoms with van der Waals surface area (Å²) in [6, 6.07) is 16.1. The number of carbonyl (C=O) groups excluding carboxylic acids is 2. The number of rotatable bonds is 7. The van der Waals surface area contributed by atoms with E-state index in [4.69, 9.17) is 21.4 Å². The molecule has 2 aromatic carbocycles. The topological polar surface area (TPSA) is 105 Å². The second-order valence-electron chi connectivity index (χ2n) is 7.22. The lowest BCUT2D eigenvalue weighted by atomic mass is 9.98. The van der Waals surface area contributed by atoms with Crippen molar-refractivity contribution in [1.82, 2.24) is 5.32 Å². The molecule has 2 amide bonds. The zero-order valence-corrected chi connectivity index (χ0v) is 18.3. The second-order valence-corrected chi connectivity index (χ2v) is 8.74. The summed E-state index contributed by atoms with van der Waals surface area (Å²) in [5, 5.41) is 15.7. The van der Waals surface area contributed by atoms with Crippen LogP contribution in [0.25, 0.3) is 11.1 Å². The molecule has 1 unspecified atom stereocenters. The number of carbonyl (C=O) groups is 3. The molecule has 0 spiro atoms. The molecular formula is C23H19ClN2O5S. The predicted molar refractivity (Wildman–Crippen MR) is 122 cm³/mol. The van der Waals surface area contributed by atoms with Crippen LogP contribution in [0.5, 0.6) is 0 Å². The Morgan fingerprint density at radius 2 is 1.66 bits per heavy atom. The molecule has 4 rings (SSSR count). The molecule has 9 heteroatoms. The zero-order valence-electron chi connectivity index (χ0n) is 16.7. The lowest BCUT2D eigenvalue weighted by Gasteiger charge is -2.18. The first-order valence-electron chi connectivity index (χ1n) is 9.81. The standard InChI is InChI=1S/C23H19ClN2O5S/c24-21-18(9-10-32-21)25-22(29)19(11-20(27)28)26-23(30)31-12-17-15-7-3-1-5-13(15)14-6-2-4-8-16(14)17/h1-10,17,19H,11-12H2,(H,25,29)(H,26,30)(H,27,28). The number of fused-ring (bicyclic) bond motifs is 3. The molecule has 32 heavy (non-hydrogen) atoms. The quantitative estimate of drug-likeness (QED) is 0.463. The van der Waals surface area contributed by atoms with Crippen molar-refractivity contribution < 1.29 is 24.2 Å². The van der Waals surface area contributed by atoms with Gasteiger partial charge in [0.25, 0.3) is 0 Å². The highest BCUT2D eigenvalue weighted by Gasteiger charge is 2.30. The summed E-state index contributed by atoms with van der Waals surface area (Å²) in [6.45, 7) is 0.0532. The molecule has 1 aromatic heterocycles. The number of halogens is 1. The van der Waals surface area contributed by atoms with Crippen molar-refractivity contribution in [2.75, 3.05) is 11.9 Å². The molecular weight excluding hydrogens is 452 g/mol. The normalized spacial score (nSPS) is 13.0. The van der Waals surface area contributed by atoms with Crippen LogP contribution < -0.4 is 10.6 Å². The lowest BCUT2D eigenvalue weighted by Crippen LogP contribution is -2.45. The van der Waals surface area contributed by atoms with Crippen molar-refractivity contribution in [1.29, 1.82) is 0 Å². The number of amides is 2. The number of ether oxygens (including phenoxy) is 1. The number of nitrogens with one attached hydrogen (secondary N) is 2. The summed E-state index contributed by atoms with van der Waals surface area (Å²) >= 11 is 7.20. The Balaban J connectivity index is 1.43. The van der Waals surface area contributed by atoms with E-state index < -0.39 is 30.4 Å². The first kappa shape index (κ1) is 21.9. The molecule has 0 radical (unpaired) electrons. The number of benzene rings is 2. The maximum atomic E-state index is 12.5. The third kappa shape index (κ3) is 4.61. The van der Waals surface area contributed by atoms with Crippen LogP contribution in [-0.4, -0.2) is 35.7 Å². The molecule has 0 aliphatic heterocycles. The molecule has 1 heterocycles. The Hall–Kier alpha value is -3.36. The zero-order chi connectivity index (χ0) is 22.7. The number of carboxylic acids is 1. The SMILES string of the molecule is O=C(O)CC(NC(=O)OCC1c2ccccc2-c2ccccc21)C(=O)Nc1ccsc1Cl. The van der Waals surface area contributed by atoms with Gasteiger partial charge in [-0.25, -0.2) is 4.79 Å². The number of anilines is 1. The first-order chi connectivity index (χ1) is 15.4. The maximum Gasteiger partial charge on any atom is 0.407 e. The highest BCUT2D eigenvalue weighted by molar-refractivity contribution is 7.15. The summed E-state index contributed by atoms with van der Waals surface area (Å²) < 4.78 is 5.77. The fraction of sp³-hybridized carbons (Fsp3) is 0.174. The van der Waals surface area contributed by atoms with E-state index in [0.29, 0.717) is 10.0 Å². The molecule has 1 aliphatic rings. The van der Waals surface area contributed by atoms with E-state index in [1.807, 2.05) is 48.5 Å². The summed E-state index contributed by atoms with van der Waals surface area (Å²) in [6.07, 6.45) is -1.47. The minimum absolute atomic E-state index is 0.0532. The van der Waals surface area contributed by atoms with Gasteiger partial charge in [0.2, 0.25) is 5.91 Å². The largest absolute Gasteiger partial charge is 0.481 e. The van der Waals surface area contributed by atoms with Crippen LogP contribution in [-0.2, 0) is 14.3 Å². The van der Waals surface area contributed by atoms with E-state index in [-0.39, 0.29) is 12.5 Å². The summed E-state index contributed by atoms with van der Waals surface area (Å²) in [7, 11) is 0. The molecule has 3 N–H and O–H groups in total. The fourth-order valence-corrected chi connectivity index (χ4v) is 4.60. The third-order valence-electron chi connectivity index (χ3n) is 5.21. The maximum absolute atomic E-state index is 12.5. The smallest absolute Gasteiger partial charge is 0.407 e. The van der Waals surface area contributed by atoms with E-state index in [9.17, 15) is 14.4 Å². The van der Waals surface area contributed by atoms with Crippen LogP contribution in [0, 0.1) is 0 Å². The van der Waals surface area contributed by atoms with Crippen molar-refractivity contribution in [2.45, 2.75) is 18.4 Å². The minimum atomic E-state index is -1.32. The summed E-state index contributed by atoms with van der Waals surface area (Å²) in [5.41, 5.74) is 4.63. The predicted octanol–water partition coefficient (Wildman–Crippen LogP) is 4.72. The van der Waals surface area contributed by atoms with Crippen LogP contribution in [0.15, 0.2) is 60.0 Å². The van der Waals surface area contributed by atoms with Gasteiger partial charge in [0.15, 0.2) is 0 Å². The van der Waals surface area contributed by atoms with Gasteiger partial charge in [-0.2, -0.15) is 0 Å². The van der Waals surface area contributed by atoms with Gasteiger partial charge in [-0.1, -0.05) is 60.1 Å². The van der Waals surface area contributed by atoms with Crippen molar-refractivity contribution in [2.24, 2.45) is 0 Å². The Morgan fingerprint density at radius 3 is 2.22 bits per heavy atom. The Bertz CT molecular complexity index is 1130. The third-order valence-corrected chi connectivity index (χ3v) is 6.38. The van der Waals surface area contributed by atoms with E-state index >= 15 is 0 Å². The molecule has 0 bridgehead atoms. The summed E-state index contributed by atoms with van der Waals surface area (Å²) in [5.74, 6) is -2.08. The van der Waals surface area contributed by atoms with E-state index in [1.54, 1.807) is 11.4 Å². The highest BCUT2D eigenvalue weighted by Crippen LogP contribution is 2.44. The Labute approximate surface area is 193 Å². The van der Waals surface area contributed by atoms with Crippen molar-refractivity contribution in [3.8, 4) is 11.1 Å². The van der Waals surface area contributed by atoms with Gasteiger partial charge in [-0.3, -0.25) is 9.59 Å². The van der Waals surface area contributed by atoms with Gasteiger partial charge in [0.1, 0.15) is 17.0 Å². The number of hydrogen-bond acceptors (Lipinski definition) is 5. The van der Waals surface area contributed by atoms with Crippen LogP contribution in [0.1, 0.15) is 23.5 Å². The first-order valence-corrected chi connectivity index (χ1v) is 11.1. The average Bonchev–Trinajstić information content (AvgIpc) is 3.32. The fourth-order valence-electron chi connectivity index (χ4n) is 3.77. The molecule has 0 saturated heterocycles. The molecule has 1 atom stereocenters. The molecule has 7 nitrogen and oxygen atoms in total. The number of hydrogen-bond donors (Lipinski definition) is 3. The average molecular weight is 471 g/mol. The van der Waals surface area contributed by atoms with Gasteiger partial charge in [-0.15, -0.1) is 11.3 Å². The van der Waals surface area contributed by atoms with Gasteiger partial charge in [0, 0.05) is 5.92 Å². The molecule has 0 fully saturated rings. The van der Waals surface area contributed by atoms with Gasteiger partial charge < -0.3 is 20.5 Å². The molecule has 164 valence electrons. The Morgan fingerprint density at radius 1 is 1.03 bits per heavy atom. The van der Waals surface area contributed by atoms with Crippen molar-refractivity contribution in [3.05, 3.63) is 75.4 Å². The lowest BCUT2D eigenvalue weighted by molar-refractivity contribution is -0.139. The molecule has 0 saturated carbocycles.